The van der Waals surface area contributed by atoms with Crippen LogP contribution in [0.3, 0.4) is 0 Å². The van der Waals surface area contributed by atoms with Gasteiger partial charge in [0.05, 0.1) is 6.04 Å². The zero-order chi connectivity index (χ0) is 16.2. The second kappa shape index (κ2) is 7.40. The van der Waals surface area contributed by atoms with E-state index in [1.807, 2.05) is 11.8 Å². The number of amides is 1. The number of aromatic nitrogens is 2. The van der Waals surface area contributed by atoms with Gasteiger partial charge in [-0.1, -0.05) is 5.16 Å². The van der Waals surface area contributed by atoms with Crippen molar-refractivity contribution in [3.63, 3.8) is 0 Å². The van der Waals surface area contributed by atoms with E-state index in [9.17, 15) is 4.79 Å². The highest BCUT2D eigenvalue weighted by Crippen LogP contribution is 2.20. The average Bonchev–Trinajstić information content (AvgIpc) is 3.16. The highest BCUT2D eigenvalue weighted by Gasteiger charge is 2.25. The molecule has 0 aliphatic carbocycles. The minimum Gasteiger partial charge on any atom is -0.343 e. The second-order valence-electron chi connectivity index (χ2n) is 6.57. The molecular weight excluding hydrogens is 294 g/mol. The Balaban J connectivity index is 1.37. The van der Waals surface area contributed by atoms with Crippen molar-refractivity contribution in [1.29, 1.82) is 0 Å². The maximum absolute atomic E-state index is 11.6. The summed E-state index contributed by atoms with van der Waals surface area (Å²) in [5.41, 5.74) is 0. The van der Waals surface area contributed by atoms with E-state index in [1.165, 1.54) is 0 Å². The predicted molar refractivity (Wildman–Crippen MR) is 85.9 cm³/mol. The van der Waals surface area contributed by atoms with Gasteiger partial charge in [0.2, 0.25) is 11.8 Å². The summed E-state index contributed by atoms with van der Waals surface area (Å²) in [6.45, 7) is 11.1. The monoisotopic (exact) mass is 321 g/mol. The number of carbonyl (C=O) groups excluding carboxylic acids is 1. The van der Waals surface area contributed by atoms with E-state index < -0.39 is 0 Å². The quantitative estimate of drug-likeness (QED) is 0.781. The fraction of sp³-hybridized carbons (Fsp3) is 0.812. The van der Waals surface area contributed by atoms with E-state index >= 15 is 0 Å². The van der Waals surface area contributed by atoms with E-state index in [1.54, 1.807) is 0 Å². The number of carbonyl (C=O) groups is 1. The molecule has 1 aromatic rings. The zero-order valence-corrected chi connectivity index (χ0v) is 14.2. The van der Waals surface area contributed by atoms with E-state index in [-0.39, 0.29) is 6.04 Å². The molecule has 0 bridgehead atoms. The summed E-state index contributed by atoms with van der Waals surface area (Å²) < 4.78 is 5.28. The minimum absolute atomic E-state index is 0.181. The molecule has 0 spiro atoms. The molecule has 1 atom stereocenters. The number of rotatable bonds is 6. The number of hydrogen-bond acceptors (Lipinski definition) is 6. The molecule has 2 aliphatic heterocycles. The molecule has 2 aliphatic rings. The molecule has 0 aromatic carbocycles. The van der Waals surface area contributed by atoms with Gasteiger partial charge in [-0.25, -0.2) is 0 Å². The molecule has 0 unspecified atom stereocenters. The fourth-order valence-corrected chi connectivity index (χ4v) is 3.44. The summed E-state index contributed by atoms with van der Waals surface area (Å²) in [5.74, 6) is 1.74. The first kappa shape index (κ1) is 16.4. The predicted octanol–water partition coefficient (Wildman–Crippen LogP) is 1.07. The molecule has 2 saturated heterocycles. The highest BCUT2D eigenvalue weighted by atomic mass is 16.5. The van der Waals surface area contributed by atoms with Crippen molar-refractivity contribution >= 4 is 5.91 Å². The van der Waals surface area contributed by atoms with Gasteiger partial charge in [-0.3, -0.25) is 9.69 Å². The van der Waals surface area contributed by atoms with E-state index in [0.29, 0.717) is 17.6 Å². The lowest BCUT2D eigenvalue weighted by Gasteiger charge is -2.37. The van der Waals surface area contributed by atoms with Gasteiger partial charge in [-0.2, -0.15) is 4.98 Å². The average molecular weight is 321 g/mol. The second-order valence-corrected chi connectivity index (χ2v) is 6.57. The van der Waals surface area contributed by atoms with E-state index in [0.717, 1.165) is 65.1 Å². The summed E-state index contributed by atoms with van der Waals surface area (Å²) in [6.07, 6.45) is 2.85. The third-order valence-corrected chi connectivity index (χ3v) is 4.93. The molecule has 1 aromatic heterocycles. The van der Waals surface area contributed by atoms with Crippen LogP contribution in [0.1, 0.15) is 43.9 Å². The van der Waals surface area contributed by atoms with Crippen molar-refractivity contribution in [2.24, 2.45) is 0 Å². The Labute approximate surface area is 137 Å². The van der Waals surface area contributed by atoms with Crippen LogP contribution in [0.25, 0.3) is 0 Å². The van der Waals surface area contributed by atoms with Crippen molar-refractivity contribution in [1.82, 2.24) is 24.8 Å². The van der Waals surface area contributed by atoms with Crippen LogP contribution in [0.2, 0.25) is 0 Å². The first-order valence-corrected chi connectivity index (χ1v) is 8.68. The van der Waals surface area contributed by atoms with Gasteiger partial charge in [0.1, 0.15) is 0 Å². The van der Waals surface area contributed by atoms with Gasteiger partial charge < -0.3 is 14.3 Å². The Morgan fingerprint density at radius 1 is 1.17 bits per heavy atom. The molecule has 7 nitrogen and oxygen atoms in total. The zero-order valence-electron chi connectivity index (χ0n) is 14.2. The molecule has 0 N–H and O–H groups in total. The van der Waals surface area contributed by atoms with Crippen molar-refractivity contribution in [3.8, 4) is 0 Å². The molecule has 128 valence electrons. The Morgan fingerprint density at radius 2 is 1.96 bits per heavy atom. The smallest absolute Gasteiger partial charge is 0.243 e. The summed E-state index contributed by atoms with van der Waals surface area (Å²) in [6, 6.07) is 0.181. The van der Waals surface area contributed by atoms with E-state index in [2.05, 4.69) is 26.9 Å². The lowest BCUT2D eigenvalue weighted by atomic mass is 10.2. The summed E-state index contributed by atoms with van der Waals surface area (Å²) in [7, 11) is 0. The van der Waals surface area contributed by atoms with Crippen molar-refractivity contribution in [3.05, 3.63) is 11.7 Å². The largest absolute Gasteiger partial charge is 0.343 e. The lowest BCUT2D eigenvalue weighted by Crippen LogP contribution is -2.47. The topological polar surface area (TPSA) is 65.7 Å². The molecule has 3 heterocycles. The van der Waals surface area contributed by atoms with E-state index in [4.69, 9.17) is 4.52 Å². The molecule has 2 fully saturated rings. The Morgan fingerprint density at radius 3 is 2.57 bits per heavy atom. The molecule has 3 rings (SSSR count). The number of nitrogens with zero attached hydrogens (tertiary/aromatic N) is 5. The van der Waals surface area contributed by atoms with Crippen LogP contribution in [0.15, 0.2) is 4.52 Å². The summed E-state index contributed by atoms with van der Waals surface area (Å²) >= 11 is 0. The third kappa shape index (κ3) is 4.09. The van der Waals surface area contributed by atoms with Crippen LogP contribution in [-0.2, 0) is 4.79 Å². The first-order valence-electron chi connectivity index (χ1n) is 8.68. The lowest BCUT2D eigenvalue weighted by molar-refractivity contribution is -0.127. The fourth-order valence-electron chi connectivity index (χ4n) is 3.44. The number of hydrogen-bond donors (Lipinski definition) is 0. The van der Waals surface area contributed by atoms with Gasteiger partial charge in [-0.15, -0.1) is 0 Å². The Kier molecular flexibility index (Phi) is 5.27. The van der Waals surface area contributed by atoms with Gasteiger partial charge in [0.15, 0.2) is 5.82 Å². The number of aryl methyl sites for hydroxylation is 1. The van der Waals surface area contributed by atoms with Crippen LogP contribution in [-0.4, -0.2) is 76.6 Å². The third-order valence-electron chi connectivity index (χ3n) is 4.93. The molecule has 1 amide bonds. The van der Waals surface area contributed by atoms with Crippen LogP contribution in [0, 0.1) is 6.92 Å². The first-order chi connectivity index (χ1) is 11.1. The maximum Gasteiger partial charge on any atom is 0.243 e. The van der Waals surface area contributed by atoms with Gasteiger partial charge >= 0.3 is 0 Å². The standard InChI is InChI=1S/C16H27N5O2/c1-13(16-17-14(2)18-23-16)20-11-9-19(10-12-20)6-4-8-21-7-3-5-15(21)22/h13H,3-12H2,1-2H3/t13-/m1/s1. The van der Waals surface area contributed by atoms with Gasteiger partial charge in [-0.05, 0) is 33.2 Å². The van der Waals surface area contributed by atoms with Gasteiger partial charge in [0.25, 0.3) is 0 Å². The van der Waals surface area contributed by atoms with Crippen molar-refractivity contribution < 1.29 is 9.32 Å². The molecular formula is C16H27N5O2. The number of likely N-dealkylation sites (tertiary alicyclic amines) is 1. The summed E-state index contributed by atoms with van der Waals surface area (Å²) in [4.78, 5) is 22.8. The summed E-state index contributed by atoms with van der Waals surface area (Å²) in [5, 5.41) is 3.88. The minimum atomic E-state index is 0.181. The van der Waals surface area contributed by atoms with Crippen LogP contribution in [0.5, 0.6) is 0 Å². The normalized spacial score (nSPS) is 22.0. The van der Waals surface area contributed by atoms with Crippen LogP contribution < -0.4 is 0 Å². The molecule has 0 radical (unpaired) electrons. The SMILES string of the molecule is Cc1noc([C@@H](C)N2CCN(CCCN3CCCC3=O)CC2)n1. The molecule has 23 heavy (non-hydrogen) atoms. The van der Waals surface area contributed by atoms with Crippen LogP contribution in [0.4, 0.5) is 0 Å². The van der Waals surface area contributed by atoms with Crippen molar-refractivity contribution in [2.45, 2.75) is 39.2 Å². The number of piperazine rings is 1. The Bertz CT molecular complexity index is 524. The van der Waals surface area contributed by atoms with Crippen LogP contribution >= 0.6 is 0 Å². The molecule has 0 saturated carbocycles. The Hall–Kier alpha value is -1.47. The molecule has 7 heteroatoms. The highest BCUT2D eigenvalue weighted by molar-refractivity contribution is 5.77. The maximum atomic E-state index is 11.6. The van der Waals surface area contributed by atoms with Crippen molar-refractivity contribution in [2.75, 3.05) is 45.8 Å². The van der Waals surface area contributed by atoms with Gasteiger partial charge in [0, 0.05) is 45.7 Å².